The number of rotatable bonds is 5. The summed E-state index contributed by atoms with van der Waals surface area (Å²) in [6.45, 7) is 4.60. The molecule has 0 aliphatic carbocycles. The van der Waals surface area contributed by atoms with Crippen LogP contribution in [0.25, 0.3) is 0 Å². The van der Waals surface area contributed by atoms with Gasteiger partial charge in [-0.2, -0.15) is 0 Å². The Hall–Kier alpha value is -1.14. The molecular weight excluding hydrogens is 262 g/mol. The summed E-state index contributed by atoms with van der Waals surface area (Å²) in [4.78, 5) is 20.6. The number of aliphatic hydroxyl groups is 1. The van der Waals surface area contributed by atoms with Crippen LogP contribution in [0.1, 0.15) is 52.4 Å². The second-order valence-electron chi connectivity index (χ2n) is 5.49. The molecule has 1 saturated heterocycles. The molecule has 0 radical (unpaired) electrons. The van der Waals surface area contributed by atoms with Crippen molar-refractivity contribution in [1.29, 1.82) is 0 Å². The summed E-state index contributed by atoms with van der Waals surface area (Å²) < 4.78 is 4.76. The summed E-state index contributed by atoms with van der Waals surface area (Å²) in [6.07, 6.45) is 3.28. The Balaban J connectivity index is 0.000000388. The summed E-state index contributed by atoms with van der Waals surface area (Å²) in [6, 6.07) is -0.430. The summed E-state index contributed by atoms with van der Waals surface area (Å²) >= 11 is 0. The Bertz CT molecular complexity index is 283. The van der Waals surface area contributed by atoms with Gasteiger partial charge in [-0.1, -0.05) is 13.8 Å². The number of aliphatic hydroxyl groups excluding tert-OH is 1. The first-order valence-corrected chi connectivity index (χ1v) is 7.14. The first kappa shape index (κ1) is 18.9. The molecule has 0 amide bonds. The van der Waals surface area contributed by atoms with Crippen LogP contribution in [0.4, 0.5) is 0 Å². The number of carboxylic acids is 1. The predicted molar refractivity (Wildman–Crippen MR) is 75.1 cm³/mol. The van der Waals surface area contributed by atoms with E-state index in [9.17, 15) is 14.7 Å². The van der Waals surface area contributed by atoms with E-state index >= 15 is 0 Å². The van der Waals surface area contributed by atoms with E-state index in [2.05, 4.69) is 0 Å². The summed E-state index contributed by atoms with van der Waals surface area (Å²) in [7, 11) is 0. The number of hydrogen-bond acceptors (Lipinski definition) is 5. The fraction of sp³-hybridized carbons (Fsp3) is 0.857. The zero-order valence-corrected chi connectivity index (χ0v) is 12.4. The van der Waals surface area contributed by atoms with Gasteiger partial charge in [-0.3, -0.25) is 9.59 Å². The van der Waals surface area contributed by atoms with E-state index in [1.165, 1.54) is 0 Å². The average molecular weight is 289 g/mol. The monoisotopic (exact) mass is 289 g/mol. The fourth-order valence-corrected chi connectivity index (χ4v) is 1.84. The zero-order chi connectivity index (χ0) is 15.5. The number of hydrogen-bond donors (Lipinski definition) is 3. The van der Waals surface area contributed by atoms with E-state index in [1.54, 1.807) is 0 Å². The number of carbonyl (C=O) groups excluding carboxylic acids is 1. The Kier molecular flexibility index (Phi) is 10.0. The molecule has 6 heteroatoms. The van der Waals surface area contributed by atoms with Crippen LogP contribution in [-0.2, 0) is 14.3 Å². The van der Waals surface area contributed by atoms with Gasteiger partial charge in [0.15, 0.2) is 0 Å². The topological polar surface area (TPSA) is 110 Å². The lowest BCUT2D eigenvalue weighted by Gasteiger charge is -2.18. The van der Waals surface area contributed by atoms with Crippen molar-refractivity contribution >= 4 is 11.9 Å². The molecule has 2 atom stereocenters. The van der Waals surface area contributed by atoms with E-state index in [4.69, 9.17) is 15.6 Å². The van der Waals surface area contributed by atoms with Gasteiger partial charge in [0, 0.05) is 12.5 Å². The molecule has 1 rings (SSSR count). The smallest absolute Gasteiger partial charge is 0.306 e. The first-order chi connectivity index (χ1) is 9.32. The minimum atomic E-state index is -1.01. The Morgan fingerprint density at radius 3 is 2.55 bits per heavy atom. The first-order valence-electron chi connectivity index (χ1n) is 7.14. The highest BCUT2D eigenvalue weighted by atomic mass is 16.5. The van der Waals surface area contributed by atoms with Crippen molar-refractivity contribution < 1.29 is 24.5 Å². The lowest BCUT2D eigenvalue weighted by molar-refractivity contribution is -0.143. The molecule has 1 aliphatic rings. The lowest BCUT2D eigenvalue weighted by atomic mass is 9.98. The van der Waals surface area contributed by atoms with Crippen LogP contribution in [-0.4, -0.2) is 40.9 Å². The van der Waals surface area contributed by atoms with E-state index < -0.39 is 18.1 Å². The molecule has 1 fully saturated rings. The number of cyclic esters (lactones) is 1. The third-order valence-electron chi connectivity index (χ3n) is 2.91. The summed E-state index contributed by atoms with van der Waals surface area (Å²) in [5.74, 6) is -0.660. The molecule has 0 aromatic heterocycles. The maximum Gasteiger partial charge on any atom is 0.306 e. The van der Waals surface area contributed by atoms with Crippen LogP contribution < -0.4 is 5.73 Å². The van der Waals surface area contributed by atoms with Crippen molar-refractivity contribution in [1.82, 2.24) is 0 Å². The second kappa shape index (κ2) is 10.6. The largest absolute Gasteiger partial charge is 0.481 e. The molecule has 4 N–H and O–H groups in total. The van der Waals surface area contributed by atoms with Crippen molar-refractivity contribution in [3.8, 4) is 0 Å². The van der Waals surface area contributed by atoms with Crippen LogP contribution in [0.2, 0.25) is 0 Å². The minimum Gasteiger partial charge on any atom is -0.481 e. The highest BCUT2D eigenvalue weighted by Gasteiger charge is 2.18. The molecule has 1 heterocycles. The molecule has 6 nitrogen and oxygen atoms in total. The van der Waals surface area contributed by atoms with Gasteiger partial charge in [0.25, 0.3) is 0 Å². The maximum atomic E-state index is 10.5. The predicted octanol–water partition coefficient (Wildman–Crippen LogP) is 1.30. The Labute approximate surface area is 120 Å². The van der Waals surface area contributed by atoms with Crippen molar-refractivity contribution in [2.45, 2.75) is 64.5 Å². The SMILES string of the molecule is CC(C)C[C@H](N)[C@@H](O)CC(=O)O.O=C1CCCCCO1. The van der Waals surface area contributed by atoms with E-state index in [1.807, 2.05) is 13.8 Å². The van der Waals surface area contributed by atoms with Crippen molar-refractivity contribution in [3.63, 3.8) is 0 Å². The minimum absolute atomic E-state index is 0.0255. The molecule has 0 spiro atoms. The maximum absolute atomic E-state index is 10.5. The summed E-state index contributed by atoms with van der Waals surface area (Å²) in [5.41, 5.74) is 5.55. The van der Waals surface area contributed by atoms with Gasteiger partial charge < -0.3 is 20.7 Å². The number of esters is 1. The Morgan fingerprint density at radius 1 is 1.35 bits per heavy atom. The van der Waals surface area contributed by atoms with Gasteiger partial charge in [-0.05, 0) is 31.6 Å². The molecule has 20 heavy (non-hydrogen) atoms. The Morgan fingerprint density at radius 2 is 2.00 bits per heavy atom. The highest BCUT2D eigenvalue weighted by Crippen LogP contribution is 2.08. The van der Waals surface area contributed by atoms with Crippen molar-refractivity contribution in [2.24, 2.45) is 11.7 Å². The van der Waals surface area contributed by atoms with Crippen LogP contribution in [0.3, 0.4) is 0 Å². The number of nitrogens with two attached hydrogens (primary N) is 1. The summed E-state index contributed by atoms with van der Waals surface area (Å²) in [5, 5.41) is 17.6. The molecular formula is C14H27NO5. The normalized spacial score (nSPS) is 18.4. The van der Waals surface area contributed by atoms with Gasteiger partial charge >= 0.3 is 11.9 Å². The number of ether oxygens (including phenoxy) is 1. The number of carboxylic acid groups (broad SMARTS) is 1. The molecule has 118 valence electrons. The molecule has 0 bridgehead atoms. The van der Waals surface area contributed by atoms with E-state index in [-0.39, 0.29) is 12.4 Å². The second-order valence-corrected chi connectivity index (χ2v) is 5.49. The molecule has 1 aliphatic heterocycles. The van der Waals surface area contributed by atoms with Crippen LogP contribution >= 0.6 is 0 Å². The highest BCUT2D eigenvalue weighted by molar-refractivity contribution is 5.69. The van der Waals surface area contributed by atoms with Crippen LogP contribution in [0, 0.1) is 5.92 Å². The molecule has 0 saturated carbocycles. The standard InChI is InChI=1S/C8H17NO3.C6H10O2/c1-5(2)3-6(9)7(10)4-8(11)12;7-6-4-2-1-3-5-8-6/h5-7,10H,3-4,9H2,1-2H3,(H,11,12);1-5H2/t6-,7-;/m0./s1. The van der Waals surface area contributed by atoms with Gasteiger partial charge in [-0.25, -0.2) is 0 Å². The van der Waals surface area contributed by atoms with Crippen LogP contribution in [0.15, 0.2) is 0 Å². The van der Waals surface area contributed by atoms with Crippen molar-refractivity contribution in [3.05, 3.63) is 0 Å². The quantitative estimate of drug-likeness (QED) is 0.658. The van der Waals surface area contributed by atoms with Gasteiger partial charge in [0.05, 0.1) is 19.1 Å². The molecule has 0 aromatic carbocycles. The third-order valence-corrected chi connectivity index (χ3v) is 2.91. The fourth-order valence-electron chi connectivity index (χ4n) is 1.84. The molecule has 0 unspecified atom stereocenters. The molecule has 0 aromatic rings. The van der Waals surface area contributed by atoms with Gasteiger partial charge in [0.2, 0.25) is 0 Å². The van der Waals surface area contributed by atoms with Gasteiger partial charge in [0.1, 0.15) is 0 Å². The zero-order valence-electron chi connectivity index (χ0n) is 12.4. The number of carbonyl (C=O) groups is 2. The average Bonchev–Trinajstić information content (AvgIpc) is 2.56. The van der Waals surface area contributed by atoms with E-state index in [0.29, 0.717) is 25.4 Å². The number of aliphatic carboxylic acids is 1. The van der Waals surface area contributed by atoms with Crippen molar-refractivity contribution in [2.75, 3.05) is 6.61 Å². The van der Waals surface area contributed by atoms with E-state index in [0.717, 1.165) is 19.3 Å². The van der Waals surface area contributed by atoms with Gasteiger partial charge in [-0.15, -0.1) is 0 Å². The lowest BCUT2D eigenvalue weighted by Crippen LogP contribution is -2.37. The van der Waals surface area contributed by atoms with Crippen LogP contribution in [0.5, 0.6) is 0 Å². The third kappa shape index (κ3) is 10.8.